The van der Waals surface area contributed by atoms with Gasteiger partial charge in [-0.3, -0.25) is 0 Å². The Morgan fingerprint density at radius 3 is 2.31 bits per heavy atom. The highest BCUT2D eigenvalue weighted by molar-refractivity contribution is 7.65. The zero-order chi connectivity index (χ0) is 9.36. The van der Waals surface area contributed by atoms with Crippen LogP contribution in [0.15, 0.2) is 24.9 Å². The van der Waals surface area contributed by atoms with E-state index in [2.05, 4.69) is 17.9 Å². The number of rotatable bonds is 2. The Bertz CT molecular complexity index is 300. The van der Waals surface area contributed by atoms with Crippen molar-refractivity contribution in [1.29, 1.82) is 0 Å². The molecule has 0 amide bonds. The molecule has 0 fully saturated rings. The van der Waals surface area contributed by atoms with Crippen LogP contribution in [0.5, 0.6) is 0 Å². The molecule has 8 heteroatoms. The molecular formula is C5H6O6P2. The number of hydrogen-bond acceptors (Lipinski definition) is 6. The Labute approximate surface area is 74.3 Å². The Kier molecular flexibility index (Phi) is 1.99. The van der Waals surface area contributed by atoms with Gasteiger partial charge in [-0.05, 0) is 6.08 Å². The maximum Gasteiger partial charge on any atom is 0.594 e. The van der Waals surface area contributed by atoms with E-state index in [0.717, 1.165) is 12.5 Å². The molecular weight excluding hydrogens is 218 g/mol. The topological polar surface area (TPSA) is 71.1 Å². The first-order chi connectivity index (χ1) is 6.12. The van der Waals surface area contributed by atoms with E-state index in [9.17, 15) is 9.13 Å². The van der Waals surface area contributed by atoms with Gasteiger partial charge in [0.1, 0.15) is 12.5 Å². The van der Waals surface area contributed by atoms with E-state index >= 15 is 0 Å². The van der Waals surface area contributed by atoms with Crippen LogP contribution in [0.1, 0.15) is 0 Å². The quantitative estimate of drug-likeness (QED) is 0.670. The highest BCUT2D eigenvalue weighted by Gasteiger charge is 2.43. The molecule has 0 radical (unpaired) electrons. The van der Waals surface area contributed by atoms with E-state index < -0.39 is 15.4 Å². The summed E-state index contributed by atoms with van der Waals surface area (Å²) < 4.78 is 41.2. The Morgan fingerprint density at radius 2 is 1.77 bits per heavy atom. The molecule has 0 spiro atoms. The summed E-state index contributed by atoms with van der Waals surface area (Å²) in [7, 11) is -7.07. The maximum absolute atomic E-state index is 11.5. The minimum atomic E-state index is -3.72. The molecule has 72 valence electrons. The van der Waals surface area contributed by atoms with Gasteiger partial charge in [0.05, 0.1) is 12.4 Å². The molecule has 2 rings (SSSR count). The Hall–Kier alpha value is -0.700. The summed E-state index contributed by atoms with van der Waals surface area (Å²) in [5.41, 5.74) is 0. The van der Waals surface area contributed by atoms with Crippen LogP contribution in [0.25, 0.3) is 0 Å². The molecule has 1 atom stereocenters. The van der Waals surface area contributed by atoms with Gasteiger partial charge in [0.15, 0.2) is 0 Å². The van der Waals surface area contributed by atoms with Crippen molar-refractivity contribution in [2.45, 2.75) is 0 Å². The van der Waals surface area contributed by atoms with Crippen molar-refractivity contribution in [2.24, 2.45) is 0 Å². The molecule has 0 saturated carbocycles. The molecule has 0 bridgehead atoms. The van der Waals surface area contributed by atoms with Gasteiger partial charge >= 0.3 is 15.4 Å². The van der Waals surface area contributed by atoms with Crippen molar-refractivity contribution in [3.63, 3.8) is 0 Å². The number of allylic oxidation sites excluding steroid dienone is 1. The summed E-state index contributed by atoms with van der Waals surface area (Å²) in [4.78, 5) is 0. The molecule has 2 aliphatic rings. The summed E-state index contributed by atoms with van der Waals surface area (Å²) in [6.07, 6.45) is 4.95. The van der Waals surface area contributed by atoms with Gasteiger partial charge in [0.2, 0.25) is 0 Å². The van der Waals surface area contributed by atoms with E-state index in [1.54, 1.807) is 0 Å². The van der Waals surface area contributed by atoms with Gasteiger partial charge in [0, 0.05) is 0 Å². The van der Waals surface area contributed by atoms with Crippen molar-refractivity contribution < 1.29 is 27.0 Å². The molecule has 2 heterocycles. The molecule has 0 aromatic rings. The molecule has 0 aromatic carbocycles. The first-order valence-corrected chi connectivity index (χ1v) is 6.56. The minimum Gasteiger partial charge on any atom is -0.432 e. The lowest BCUT2D eigenvalue weighted by Gasteiger charge is -2.14. The average Bonchev–Trinajstić information content (AvgIpc) is 2.60. The zero-order valence-corrected chi connectivity index (χ0v) is 8.15. The van der Waals surface area contributed by atoms with E-state index in [1.807, 2.05) is 0 Å². The van der Waals surface area contributed by atoms with Crippen LogP contribution in [0.3, 0.4) is 0 Å². The van der Waals surface area contributed by atoms with Gasteiger partial charge in [-0.25, -0.2) is 9.13 Å². The highest BCUT2D eigenvalue weighted by atomic mass is 31.3. The van der Waals surface area contributed by atoms with Crippen molar-refractivity contribution in [1.82, 2.24) is 0 Å². The zero-order valence-electron chi connectivity index (χ0n) is 6.36. The third kappa shape index (κ3) is 1.80. The third-order valence-electron chi connectivity index (χ3n) is 1.31. The summed E-state index contributed by atoms with van der Waals surface area (Å²) in [5.74, 6) is 0. The van der Waals surface area contributed by atoms with Crippen molar-refractivity contribution >= 4 is 15.4 Å². The van der Waals surface area contributed by atoms with Crippen LogP contribution < -0.4 is 0 Å². The summed E-state index contributed by atoms with van der Waals surface area (Å²) in [6.45, 7) is 0. The van der Waals surface area contributed by atoms with E-state index in [-0.39, 0.29) is 6.16 Å². The summed E-state index contributed by atoms with van der Waals surface area (Å²) in [5, 5.41) is 0. The minimum absolute atomic E-state index is 0.0731. The van der Waals surface area contributed by atoms with Gasteiger partial charge < -0.3 is 13.6 Å². The average molecular weight is 224 g/mol. The van der Waals surface area contributed by atoms with Crippen LogP contribution in [0, 0.1) is 0 Å². The fraction of sp³-hybridized carbons (Fsp3) is 0.200. The van der Waals surface area contributed by atoms with Crippen LogP contribution >= 0.6 is 15.4 Å². The predicted octanol–water partition coefficient (Wildman–Crippen LogP) is 2.37. The normalized spacial score (nSPS) is 33.8. The van der Waals surface area contributed by atoms with E-state index in [4.69, 9.17) is 0 Å². The van der Waals surface area contributed by atoms with Gasteiger partial charge in [-0.15, -0.1) is 0 Å². The summed E-state index contributed by atoms with van der Waals surface area (Å²) in [6, 6.07) is 0. The van der Waals surface area contributed by atoms with Crippen molar-refractivity contribution in [3.05, 3.63) is 24.9 Å². The van der Waals surface area contributed by atoms with Crippen molar-refractivity contribution in [2.75, 3.05) is 6.16 Å². The van der Waals surface area contributed by atoms with Gasteiger partial charge in [-0.1, -0.05) is 0 Å². The van der Waals surface area contributed by atoms with Crippen LogP contribution in [0.2, 0.25) is 0 Å². The molecule has 13 heavy (non-hydrogen) atoms. The fourth-order valence-electron chi connectivity index (χ4n) is 0.818. The molecule has 2 aliphatic heterocycles. The summed E-state index contributed by atoms with van der Waals surface area (Å²) >= 11 is 0. The molecule has 0 aromatic heterocycles. The Morgan fingerprint density at radius 1 is 1.08 bits per heavy atom. The second-order valence-electron chi connectivity index (χ2n) is 2.28. The Balaban J connectivity index is 2.06. The smallest absolute Gasteiger partial charge is 0.432 e. The van der Waals surface area contributed by atoms with E-state index in [0.29, 0.717) is 0 Å². The largest absolute Gasteiger partial charge is 0.594 e. The molecule has 0 saturated heterocycles. The second kappa shape index (κ2) is 2.91. The molecule has 0 N–H and O–H groups in total. The van der Waals surface area contributed by atoms with Crippen LogP contribution in [0.4, 0.5) is 0 Å². The van der Waals surface area contributed by atoms with Gasteiger partial charge in [0.25, 0.3) is 0 Å². The SMILES string of the molecule is O=P1(OP2(=O)OC=CO2)CC=CO1. The first kappa shape index (κ1) is 8.88. The first-order valence-electron chi connectivity index (χ1n) is 3.38. The molecule has 1 unspecified atom stereocenters. The molecule has 0 aliphatic carbocycles. The van der Waals surface area contributed by atoms with Crippen LogP contribution in [-0.4, -0.2) is 6.16 Å². The fourth-order valence-corrected chi connectivity index (χ4v) is 3.91. The third-order valence-corrected chi connectivity index (χ3v) is 4.96. The lowest BCUT2D eigenvalue weighted by Crippen LogP contribution is -1.90. The van der Waals surface area contributed by atoms with E-state index in [1.165, 1.54) is 12.3 Å². The lowest BCUT2D eigenvalue weighted by atomic mass is 10.7. The lowest BCUT2D eigenvalue weighted by molar-refractivity contribution is 0.264. The number of hydrogen-bond donors (Lipinski definition) is 0. The highest BCUT2D eigenvalue weighted by Crippen LogP contribution is 2.68. The van der Waals surface area contributed by atoms with Crippen LogP contribution in [-0.2, 0) is 27.0 Å². The second-order valence-corrected chi connectivity index (χ2v) is 6.05. The van der Waals surface area contributed by atoms with Gasteiger partial charge in [-0.2, -0.15) is 4.31 Å². The monoisotopic (exact) mass is 224 g/mol. The van der Waals surface area contributed by atoms with Crippen molar-refractivity contribution in [3.8, 4) is 0 Å². The molecule has 6 nitrogen and oxygen atoms in total. The number of phosphoric ester groups is 1. The maximum atomic E-state index is 11.5. The number of phosphoric acid groups is 1. The predicted molar refractivity (Wildman–Crippen MR) is 42.7 cm³/mol. The standard InChI is InChI=1S/C5H6O6P2/c6-12(5-1-2-8-12)11-13(7)9-3-4-10-13/h1-4H,5H2.